The zero-order chi connectivity index (χ0) is 11.1. The van der Waals surface area contributed by atoms with E-state index in [0.29, 0.717) is 0 Å². The summed E-state index contributed by atoms with van der Waals surface area (Å²) in [6.07, 6.45) is 1.83. The number of halogens is 2. The van der Waals surface area contributed by atoms with Crippen LogP contribution in [0.1, 0.15) is 13.8 Å². The van der Waals surface area contributed by atoms with E-state index in [9.17, 15) is 9.59 Å². The van der Waals surface area contributed by atoms with Crippen LogP contribution in [-0.2, 0) is 19.1 Å². The standard InChI is InChI=1S/C8H10Cl2O4/c1-5(9)13-7(11)3-4-8(12)14-6(2)10/h3-6H,1-2H3/b4-3-. The Kier molecular flexibility index (Phi) is 6.32. The first-order valence-corrected chi connectivity index (χ1v) is 4.66. The first-order chi connectivity index (χ1) is 6.41. The van der Waals surface area contributed by atoms with Gasteiger partial charge >= 0.3 is 11.9 Å². The molecule has 0 spiro atoms. The summed E-state index contributed by atoms with van der Waals surface area (Å²) in [4.78, 5) is 21.6. The number of carbonyl (C=O) groups is 2. The SMILES string of the molecule is CC(Cl)OC(=O)/C=C\C(=O)OC(C)Cl. The summed E-state index contributed by atoms with van der Waals surface area (Å²) < 4.78 is 9.01. The molecule has 0 N–H and O–H groups in total. The van der Waals surface area contributed by atoms with Gasteiger partial charge in [0.2, 0.25) is 0 Å². The van der Waals surface area contributed by atoms with Crippen molar-refractivity contribution in [2.75, 3.05) is 0 Å². The van der Waals surface area contributed by atoms with Crippen LogP contribution in [0.2, 0.25) is 0 Å². The van der Waals surface area contributed by atoms with Gasteiger partial charge < -0.3 is 9.47 Å². The van der Waals surface area contributed by atoms with Crippen molar-refractivity contribution in [3.63, 3.8) is 0 Å². The summed E-state index contributed by atoms with van der Waals surface area (Å²) in [5.74, 6) is -1.43. The maximum atomic E-state index is 10.8. The van der Waals surface area contributed by atoms with Crippen molar-refractivity contribution in [2.45, 2.75) is 25.0 Å². The first-order valence-electron chi connectivity index (χ1n) is 3.79. The van der Waals surface area contributed by atoms with Gasteiger partial charge in [0, 0.05) is 12.2 Å². The molecular weight excluding hydrogens is 231 g/mol. The molecule has 0 saturated heterocycles. The third-order valence-corrected chi connectivity index (χ3v) is 1.09. The smallest absolute Gasteiger partial charge is 0.332 e. The van der Waals surface area contributed by atoms with Gasteiger partial charge in [-0.15, -0.1) is 0 Å². The Morgan fingerprint density at radius 1 is 1.00 bits per heavy atom. The molecule has 14 heavy (non-hydrogen) atoms. The lowest BCUT2D eigenvalue weighted by Gasteiger charge is -2.03. The maximum Gasteiger partial charge on any atom is 0.332 e. The van der Waals surface area contributed by atoms with Gasteiger partial charge in [-0.2, -0.15) is 0 Å². The minimum absolute atomic E-state index is 0.716. The Labute approximate surface area is 91.8 Å². The van der Waals surface area contributed by atoms with E-state index in [2.05, 4.69) is 9.47 Å². The van der Waals surface area contributed by atoms with Gasteiger partial charge in [0.05, 0.1) is 0 Å². The van der Waals surface area contributed by atoms with Crippen molar-refractivity contribution in [3.8, 4) is 0 Å². The number of carbonyl (C=O) groups excluding carboxylic acids is 2. The third-order valence-electron chi connectivity index (χ3n) is 0.913. The molecule has 0 aromatic rings. The molecule has 4 nitrogen and oxygen atoms in total. The molecule has 0 bridgehead atoms. The molecule has 0 aromatic heterocycles. The summed E-state index contributed by atoms with van der Waals surface area (Å²) in [5.41, 5.74) is -1.48. The van der Waals surface area contributed by atoms with Gasteiger partial charge in [0.25, 0.3) is 0 Å². The third kappa shape index (κ3) is 7.89. The molecule has 6 heteroatoms. The zero-order valence-corrected chi connectivity index (χ0v) is 9.21. The number of hydrogen-bond donors (Lipinski definition) is 0. The monoisotopic (exact) mass is 240 g/mol. The van der Waals surface area contributed by atoms with Gasteiger partial charge in [-0.25, -0.2) is 9.59 Å². The van der Waals surface area contributed by atoms with Crippen LogP contribution in [0, 0.1) is 0 Å². The van der Waals surface area contributed by atoms with E-state index in [1.807, 2.05) is 0 Å². The van der Waals surface area contributed by atoms with E-state index in [1.165, 1.54) is 13.8 Å². The fraction of sp³-hybridized carbons (Fsp3) is 0.500. The molecule has 0 aliphatic rings. The molecule has 0 radical (unpaired) electrons. The molecule has 0 saturated carbocycles. The van der Waals surface area contributed by atoms with Crippen LogP contribution in [0.5, 0.6) is 0 Å². The summed E-state index contributed by atoms with van der Waals surface area (Å²) in [6.45, 7) is 2.96. The largest absolute Gasteiger partial charge is 0.443 e. The normalized spacial score (nSPS) is 14.9. The maximum absolute atomic E-state index is 10.8. The molecule has 0 fully saturated rings. The Hall–Kier alpha value is -0.740. The number of alkyl halides is 2. The van der Waals surface area contributed by atoms with Crippen molar-refractivity contribution >= 4 is 35.1 Å². The van der Waals surface area contributed by atoms with Crippen molar-refractivity contribution in [3.05, 3.63) is 12.2 Å². The molecule has 80 valence electrons. The van der Waals surface area contributed by atoms with E-state index in [-0.39, 0.29) is 0 Å². The molecule has 0 rings (SSSR count). The van der Waals surface area contributed by atoms with Crippen LogP contribution < -0.4 is 0 Å². The number of ether oxygens (including phenoxy) is 2. The minimum atomic E-state index is -0.741. The predicted octanol–water partition coefficient (Wildman–Crippen LogP) is 1.80. The minimum Gasteiger partial charge on any atom is -0.443 e. The van der Waals surface area contributed by atoms with Crippen molar-refractivity contribution < 1.29 is 19.1 Å². The van der Waals surface area contributed by atoms with E-state index in [4.69, 9.17) is 23.2 Å². The number of rotatable bonds is 4. The van der Waals surface area contributed by atoms with Gasteiger partial charge in [-0.05, 0) is 13.8 Å². The second-order valence-corrected chi connectivity index (χ2v) is 3.52. The first kappa shape index (κ1) is 13.3. The Bertz CT molecular complexity index is 211. The highest BCUT2D eigenvalue weighted by molar-refractivity contribution is 6.20. The van der Waals surface area contributed by atoms with Gasteiger partial charge in [-0.3, -0.25) is 0 Å². The van der Waals surface area contributed by atoms with Crippen LogP contribution >= 0.6 is 23.2 Å². The zero-order valence-electron chi connectivity index (χ0n) is 7.70. The van der Waals surface area contributed by atoms with Gasteiger partial charge in [-0.1, -0.05) is 23.2 Å². The molecule has 0 aliphatic carbocycles. The lowest BCUT2D eigenvalue weighted by Crippen LogP contribution is -2.09. The van der Waals surface area contributed by atoms with Crippen LogP contribution in [0.25, 0.3) is 0 Å². The Morgan fingerprint density at radius 2 is 1.29 bits per heavy atom. The van der Waals surface area contributed by atoms with Crippen LogP contribution in [-0.4, -0.2) is 23.1 Å². The van der Waals surface area contributed by atoms with E-state index < -0.39 is 23.1 Å². The van der Waals surface area contributed by atoms with Crippen LogP contribution in [0.4, 0.5) is 0 Å². The van der Waals surface area contributed by atoms with Gasteiger partial charge in [0.1, 0.15) is 0 Å². The highest BCUT2D eigenvalue weighted by Crippen LogP contribution is 1.99. The lowest BCUT2D eigenvalue weighted by molar-refractivity contribution is -0.141. The molecular formula is C8H10Cl2O4. The number of hydrogen-bond acceptors (Lipinski definition) is 4. The second-order valence-electron chi connectivity index (χ2n) is 2.29. The van der Waals surface area contributed by atoms with E-state index in [1.54, 1.807) is 0 Å². The van der Waals surface area contributed by atoms with Crippen LogP contribution in [0.3, 0.4) is 0 Å². The summed E-state index contributed by atoms with van der Waals surface area (Å²) in [5, 5.41) is 0. The Morgan fingerprint density at radius 3 is 1.50 bits per heavy atom. The average molecular weight is 241 g/mol. The van der Waals surface area contributed by atoms with Crippen molar-refractivity contribution in [1.82, 2.24) is 0 Å². The summed E-state index contributed by atoms with van der Waals surface area (Å²) in [7, 11) is 0. The average Bonchev–Trinajstić information content (AvgIpc) is 1.98. The molecule has 2 atom stereocenters. The molecule has 0 aliphatic heterocycles. The molecule has 0 aromatic carbocycles. The topological polar surface area (TPSA) is 52.6 Å². The fourth-order valence-electron chi connectivity index (χ4n) is 0.535. The van der Waals surface area contributed by atoms with Crippen molar-refractivity contribution in [2.24, 2.45) is 0 Å². The summed E-state index contributed by atoms with van der Waals surface area (Å²) >= 11 is 10.7. The lowest BCUT2D eigenvalue weighted by atomic mass is 10.5. The van der Waals surface area contributed by atoms with Crippen LogP contribution in [0.15, 0.2) is 12.2 Å². The fourth-order valence-corrected chi connectivity index (χ4v) is 0.710. The predicted molar refractivity (Wildman–Crippen MR) is 52.0 cm³/mol. The Balaban J connectivity index is 3.92. The molecule has 2 unspecified atom stereocenters. The summed E-state index contributed by atoms with van der Waals surface area (Å²) in [6, 6.07) is 0. The number of esters is 2. The van der Waals surface area contributed by atoms with Crippen molar-refractivity contribution in [1.29, 1.82) is 0 Å². The molecule has 0 amide bonds. The van der Waals surface area contributed by atoms with Gasteiger partial charge in [0.15, 0.2) is 11.1 Å². The quantitative estimate of drug-likeness (QED) is 0.427. The molecule has 0 heterocycles. The highest BCUT2D eigenvalue weighted by atomic mass is 35.5. The van der Waals surface area contributed by atoms with E-state index in [0.717, 1.165) is 12.2 Å². The van der Waals surface area contributed by atoms with E-state index >= 15 is 0 Å². The second kappa shape index (κ2) is 6.68. The highest BCUT2D eigenvalue weighted by Gasteiger charge is 2.05.